The molecular formula is C20H24. The first-order valence-electron chi connectivity index (χ1n) is 7.54. The lowest BCUT2D eigenvalue weighted by molar-refractivity contribution is 0.793. The van der Waals surface area contributed by atoms with Gasteiger partial charge in [-0.05, 0) is 54.5 Å². The van der Waals surface area contributed by atoms with Crippen LogP contribution in [0.3, 0.4) is 0 Å². The highest BCUT2D eigenvalue weighted by Gasteiger charge is 2.02. The average molecular weight is 264 g/mol. The van der Waals surface area contributed by atoms with Gasteiger partial charge in [0.25, 0.3) is 0 Å². The molecule has 2 rings (SSSR count). The second-order valence-electron chi connectivity index (χ2n) is 5.44. The third-order valence-electron chi connectivity index (χ3n) is 3.83. The Bertz CT molecular complexity index is 591. The molecule has 0 heteroatoms. The molecule has 0 amide bonds. The number of hydrogen-bond acceptors (Lipinski definition) is 0. The van der Waals surface area contributed by atoms with Crippen molar-refractivity contribution in [3.05, 3.63) is 70.3 Å². The second kappa shape index (κ2) is 7.09. The van der Waals surface area contributed by atoms with Gasteiger partial charge in [0.15, 0.2) is 0 Å². The molecule has 0 heterocycles. The molecule has 0 atom stereocenters. The summed E-state index contributed by atoms with van der Waals surface area (Å²) in [6, 6.07) is 15.2. The Labute approximate surface area is 123 Å². The van der Waals surface area contributed by atoms with Crippen LogP contribution in [0.2, 0.25) is 0 Å². The van der Waals surface area contributed by atoms with Gasteiger partial charge in [-0.1, -0.05) is 68.0 Å². The summed E-state index contributed by atoms with van der Waals surface area (Å²) >= 11 is 0. The molecule has 2 aromatic carbocycles. The first kappa shape index (κ1) is 14.6. The Morgan fingerprint density at radius 3 is 2.35 bits per heavy atom. The maximum atomic E-state index is 2.28. The van der Waals surface area contributed by atoms with Gasteiger partial charge in [-0.2, -0.15) is 0 Å². The van der Waals surface area contributed by atoms with E-state index >= 15 is 0 Å². The SMILES string of the molecule is CCCCc1cccc(C)c1C=Cc1ccccc1C. The monoisotopic (exact) mass is 264 g/mol. The smallest absolute Gasteiger partial charge is 0.0195 e. The van der Waals surface area contributed by atoms with E-state index in [0.29, 0.717) is 0 Å². The zero-order chi connectivity index (χ0) is 14.4. The maximum Gasteiger partial charge on any atom is -0.0195 e. The van der Waals surface area contributed by atoms with Crippen LogP contribution in [0, 0.1) is 13.8 Å². The molecule has 0 unspecified atom stereocenters. The molecule has 0 saturated carbocycles. The molecule has 0 fully saturated rings. The fourth-order valence-electron chi connectivity index (χ4n) is 2.51. The summed E-state index contributed by atoms with van der Waals surface area (Å²) in [7, 11) is 0. The van der Waals surface area contributed by atoms with E-state index in [1.165, 1.54) is 47.1 Å². The van der Waals surface area contributed by atoms with E-state index in [0.717, 1.165) is 0 Å². The molecule has 2 aromatic rings. The van der Waals surface area contributed by atoms with Crippen molar-refractivity contribution < 1.29 is 0 Å². The lowest BCUT2D eigenvalue weighted by Gasteiger charge is -2.09. The molecule has 0 aromatic heterocycles. The van der Waals surface area contributed by atoms with Crippen LogP contribution in [0.4, 0.5) is 0 Å². The molecular weight excluding hydrogens is 240 g/mol. The van der Waals surface area contributed by atoms with Crippen molar-refractivity contribution in [1.29, 1.82) is 0 Å². The van der Waals surface area contributed by atoms with E-state index < -0.39 is 0 Å². The number of aryl methyl sites for hydroxylation is 3. The van der Waals surface area contributed by atoms with E-state index in [4.69, 9.17) is 0 Å². The van der Waals surface area contributed by atoms with Crippen LogP contribution in [0.25, 0.3) is 12.2 Å². The molecule has 0 spiro atoms. The molecule has 0 nitrogen and oxygen atoms in total. The van der Waals surface area contributed by atoms with Crippen LogP contribution in [-0.4, -0.2) is 0 Å². The topological polar surface area (TPSA) is 0 Å². The zero-order valence-electron chi connectivity index (χ0n) is 12.8. The Hall–Kier alpha value is -1.82. The summed E-state index contributed by atoms with van der Waals surface area (Å²) in [6.07, 6.45) is 8.20. The highest BCUT2D eigenvalue weighted by molar-refractivity contribution is 5.73. The lowest BCUT2D eigenvalue weighted by Crippen LogP contribution is -1.92. The van der Waals surface area contributed by atoms with Crippen molar-refractivity contribution in [2.24, 2.45) is 0 Å². The van der Waals surface area contributed by atoms with Crippen LogP contribution in [0.1, 0.15) is 47.6 Å². The number of benzene rings is 2. The highest BCUT2D eigenvalue weighted by Crippen LogP contribution is 2.20. The van der Waals surface area contributed by atoms with Crippen LogP contribution in [-0.2, 0) is 6.42 Å². The number of hydrogen-bond donors (Lipinski definition) is 0. The summed E-state index contributed by atoms with van der Waals surface area (Å²) in [6.45, 7) is 6.61. The number of rotatable bonds is 5. The molecule has 0 saturated heterocycles. The lowest BCUT2D eigenvalue weighted by atomic mass is 9.96. The second-order valence-corrected chi connectivity index (χ2v) is 5.44. The molecule has 0 aliphatic heterocycles. The van der Waals surface area contributed by atoms with Gasteiger partial charge < -0.3 is 0 Å². The Morgan fingerprint density at radius 2 is 1.60 bits per heavy atom. The molecule has 20 heavy (non-hydrogen) atoms. The zero-order valence-corrected chi connectivity index (χ0v) is 12.8. The molecule has 104 valence electrons. The first-order chi connectivity index (χ1) is 9.72. The fraction of sp³-hybridized carbons (Fsp3) is 0.300. The Balaban J connectivity index is 2.30. The molecule has 0 radical (unpaired) electrons. The molecule has 0 aliphatic rings. The van der Waals surface area contributed by atoms with E-state index in [2.05, 4.69) is 75.4 Å². The minimum absolute atomic E-state index is 1.17. The van der Waals surface area contributed by atoms with Crippen LogP contribution in [0.5, 0.6) is 0 Å². The highest BCUT2D eigenvalue weighted by atomic mass is 14.1. The van der Waals surface area contributed by atoms with Crippen LogP contribution in [0.15, 0.2) is 42.5 Å². The third kappa shape index (κ3) is 3.60. The van der Waals surface area contributed by atoms with E-state index in [1.54, 1.807) is 0 Å². The van der Waals surface area contributed by atoms with Gasteiger partial charge in [0.1, 0.15) is 0 Å². The van der Waals surface area contributed by atoms with Crippen LogP contribution >= 0.6 is 0 Å². The van der Waals surface area contributed by atoms with Gasteiger partial charge in [-0.3, -0.25) is 0 Å². The fourth-order valence-corrected chi connectivity index (χ4v) is 2.51. The van der Waals surface area contributed by atoms with Crippen molar-refractivity contribution in [3.8, 4) is 0 Å². The normalized spacial score (nSPS) is 11.2. The minimum Gasteiger partial charge on any atom is -0.0654 e. The van der Waals surface area contributed by atoms with Crippen molar-refractivity contribution in [3.63, 3.8) is 0 Å². The van der Waals surface area contributed by atoms with Gasteiger partial charge >= 0.3 is 0 Å². The van der Waals surface area contributed by atoms with E-state index in [-0.39, 0.29) is 0 Å². The molecule has 0 N–H and O–H groups in total. The quantitative estimate of drug-likeness (QED) is 0.597. The Morgan fingerprint density at radius 1 is 0.850 bits per heavy atom. The minimum atomic E-state index is 1.17. The molecule has 0 bridgehead atoms. The predicted molar refractivity (Wildman–Crippen MR) is 89.9 cm³/mol. The van der Waals surface area contributed by atoms with Crippen molar-refractivity contribution in [1.82, 2.24) is 0 Å². The number of unbranched alkanes of at least 4 members (excludes halogenated alkanes) is 1. The third-order valence-corrected chi connectivity index (χ3v) is 3.83. The summed E-state index contributed by atoms with van der Waals surface area (Å²) in [5, 5.41) is 0. The Kier molecular flexibility index (Phi) is 5.17. The first-order valence-corrected chi connectivity index (χ1v) is 7.54. The van der Waals surface area contributed by atoms with Gasteiger partial charge in [-0.25, -0.2) is 0 Å². The van der Waals surface area contributed by atoms with Crippen molar-refractivity contribution in [2.45, 2.75) is 40.0 Å². The summed E-state index contributed by atoms with van der Waals surface area (Å²) in [5.41, 5.74) is 6.86. The van der Waals surface area contributed by atoms with Crippen molar-refractivity contribution >= 4 is 12.2 Å². The van der Waals surface area contributed by atoms with Gasteiger partial charge in [0, 0.05) is 0 Å². The summed E-state index contributed by atoms with van der Waals surface area (Å²) in [5.74, 6) is 0. The standard InChI is InChI=1S/C20H24/c1-4-5-11-19-13-8-10-17(3)20(19)15-14-18-12-7-6-9-16(18)2/h6-10,12-15H,4-5,11H2,1-3H3. The van der Waals surface area contributed by atoms with Gasteiger partial charge in [0.05, 0.1) is 0 Å². The van der Waals surface area contributed by atoms with E-state index in [1.807, 2.05) is 0 Å². The van der Waals surface area contributed by atoms with Crippen LogP contribution < -0.4 is 0 Å². The summed E-state index contributed by atoms with van der Waals surface area (Å²) < 4.78 is 0. The van der Waals surface area contributed by atoms with Gasteiger partial charge in [0.2, 0.25) is 0 Å². The average Bonchev–Trinajstić information content (AvgIpc) is 2.45. The van der Waals surface area contributed by atoms with Crippen molar-refractivity contribution in [2.75, 3.05) is 0 Å². The summed E-state index contributed by atoms with van der Waals surface area (Å²) in [4.78, 5) is 0. The van der Waals surface area contributed by atoms with E-state index in [9.17, 15) is 0 Å². The molecule has 0 aliphatic carbocycles. The predicted octanol–water partition coefficient (Wildman–Crippen LogP) is 5.82. The largest absolute Gasteiger partial charge is 0.0654 e. The van der Waals surface area contributed by atoms with Gasteiger partial charge in [-0.15, -0.1) is 0 Å². The maximum absolute atomic E-state index is 2.28.